The maximum atomic E-state index is 8.87. The quantitative estimate of drug-likeness (QED) is 0.853. The van der Waals surface area contributed by atoms with E-state index in [4.69, 9.17) is 5.11 Å². The second kappa shape index (κ2) is 5.59. The summed E-state index contributed by atoms with van der Waals surface area (Å²) < 4.78 is 0. The topological polar surface area (TPSA) is 49.2 Å². The number of hydrogen-bond donors (Lipinski definition) is 1. The summed E-state index contributed by atoms with van der Waals surface area (Å²) in [6.07, 6.45) is 2.55. The van der Waals surface area contributed by atoms with Gasteiger partial charge in [-0.25, -0.2) is 4.98 Å². The first-order chi connectivity index (χ1) is 8.35. The lowest BCUT2D eigenvalue weighted by molar-refractivity contribution is 0.289. The fourth-order valence-electron chi connectivity index (χ4n) is 1.80. The van der Waals surface area contributed by atoms with Gasteiger partial charge in [0.2, 0.25) is 0 Å². The average molecular weight is 231 g/mol. The Morgan fingerprint density at radius 2 is 2.00 bits per heavy atom. The minimum Gasteiger partial charge on any atom is -0.396 e. The molecular formula is C13H17N3O. The third-order valence-corrected chi connectivity index (χ3v) is 2.73. The number of nitrogens with zero attached hydrogens (tertiary/aromatic N) is 3. The number of fused-ring (bicyclic) bond motifs is 1. The van der Waals surface area contributed by atoms with Crippen molar-refractivity contribution in [2.75, 3.05) is 24.6 Å². The van der Waals surface area contributed by atoms with Crippen molar-refractivity contribution in [3.8, 4) is 0 Å². The molecule has 0 bridgehead atoms. The number of para-hydroxylation sites is 2. The van der Waals surface area contributed by atoms with Gasteiger partial charge in [0.25, 0.3) is 0 Å². The Labute approximate surface area is 101 Å². The number of benzene rings is 1. The maximum absolute atomic E-state index is 8.87. The van der Waals surface area contributed by atoms with Crippen LogP contribution < -0.4 is 4.90 Å². The van der Waals surface area contributed by atoms with Gasteiger partial charge in [0.05, 0.1) is 17.2 Å². The molecule has 0 atom stereocenters. The van der Waals surface area contributed by atoms with E-state index >= 15 is 0 Å². The van der Waals surface area contributed by atoms with Crippen LogP contribution >= 0.6 is 0 Å². The molecule has 1 aromatic heterocycles. The Kier molecular flexibility index (Phi) is 3.88. The molecule has 0 spiro atoms. The van der Waals surface area contributed by atoms with E-state index in [0.717, 1.165) is 36.4 Å². The second-order valence-electron chi connectivity index (χ2n) is 3.87. The third kappa shape index (κ3) is 2.71. The summed E-state index contributed by atoms with van der Waals surface area (Å²) in [7, 11) is 0. The molecule has 0 saturated carbocycles. The fourth-order valence-corrected chi connectivity index (χ4v) is 1.80. The second-order valence-corrected chi connectivity index (χ2v) is 3.87. The van der Waals surface area contributed by atoms with E-state index < -0.39 is 0 Å². The SMILES string of the molecule is CCN(CCCO)c1cnc2ccccc2n1. The van der Waals surface area contributed by atoms with Crippen molar-refractivity contribution in [3.63, 3.8) is 0 Å². The monoisotopic (exact) mass is 231 g/mol. The van der Waals surface area contributed by atoms with Crippen molar-refractivity contribution in [3.05, 3.63) is 30.5 Å². The zero-order valence-corrected chi connectivity index (χ0v) is 10.0. The predicted octanol–water partition coefficient (Wildman–Crippen LogP) is 1.84. The maximum Gasteiger partial charge on any atom is 0.147 e. The zero-order valence-electron chi connectivity index (χ0n) is 10.0. The van der Waals surface area contributed by atoms with Gasteiger partial charge < -0.3 is 10.0 Å². The van der Waals surface area contributed by atoms with E-state index in [0.29, 0.717) is 0 Å². The van der Waals surface area contributed by atoms with Crippen LogP contribution in [0.1, 0.15) is 13.3 Å². The highest BCUT2D eigenvalue weighted by Gasteiger charge is 2.06. The number of hydrogen-bond acceptors (Lipinski definition) is 4. The van der Waals surface area contributed by atoms with Crippen molar-refractivity contribution in [1.29, 1.82) is 0 Å². The molecule has 0 saturated heterocycles. The molecule has 1 aromatic carbocycles. The van der Waals surface area contributed by atoms with Gasteiger partial charge in [-0.1, -0.05) is 12.1 Å². The molecule has 0 unspecified atom stereocenters. The zero-order chi connectivity index (χ0) is 12.1. The molecule has 17 heavy (non-hydrogen) atoms. The van der Waals surface area contributed by atoms with Gasteiger partial charge in [-0.15, -0.1) is 0 Å². The molecule has 2 rings (SSSR count). The van der Waals surface area contributed by atoms with E-state index in [2.05, 4.69) is 21.8 Å². The summed E-state index contributed by atoms with van der Waals surface area (Å²) >= 11 is 0. The molecule has 1 heterocycles. The molecule has 0 aliphatic carbocycles. The van der Waals surface area contributed by atoms with Crippen LogP contribution in [0.4, 0.5) is 5.82 Å². The Balaban J connectivity index is 2.27. The van der Waals surface area contributed by atoms with Gasteiger partial charge in [-0.2, -0.15) is 0 Å². The van der Waals surface area contributed by atoms with Crippen LogP contribution in [0.15, 0.2) is 30.5 Å². The Morgan fingerprint density at radius 1 is 1.24 bits per heavy atom. The number of anilines is 1. The standard InChI is InChI=1S/C13H17N3O/c1-2-16(8-5-9-17)13-10-14-11-6-3-4-7-12(11)15-13/h3-4,6-7,10,17H,2,5,8-9H2,1H3. The summed E-state index contributed by atoms with van der Waals surface area (Å²) in [5.41, 5.74) is 1.82. The fraction of sp³-hybridized carbons (Fsp3) is 0.385. The minimum absolute atomic E-state index is 0.206. The molecule has 1 N–H and O–H groups in total. The van der Waals surface area contributed by atoms with E-state index in [1.807, 2.05) is 24.3 Å². The van der Waals surface area contributed by atoms with Crippen molar-refractivity contribution in [2.45, 2.75) is 13.3 Å². The van der Waals surface area contributed by atoms with Gasteiger partial charge in [-0.3, -0.25) is 4.98 Å². The normalized spacial score (nSPS) is 10.7. The summed E-state index contributed by atoms with van der Waals surface area (Å²) in [5, 5.41) is 8.87. The Hall–Kier alpha value is -1.68. The largest absolute Gasteiger partial charge is 0.396 e. The number of aromatic nitrogens is 2. The summed E-state index contributed by atoms with van der Waals surface area (Å²) in [5.74, 6) is 0.875. The van der Waals surface area contributed by atoms with Crippen molar-refractivity contribution in [2.24, 2.45) is 0 Å². The summed E-state index contributed by atoms with van der Waals surface area (Å²) in [6.45, 7) is 3.96. The number of aliphatic hydroxyl groups excluding tert-OH is 1. The van der Waals surface area contributed by atoms with Crippen LogP contribution in [0.5, 0.6) is 0 Å². The van der Waals surface area contributed by atoms with E-state index in [1.165, 1.54) is 0 Å². The highest BCUT2D eigenvalue weighted by atomic mass is 16.3. The molecule has 4 heteroatoms. The van der Waals surface area contributed by atoms with Gasteiger partial charge in [-0.05, 0) is 25.5 Å². The Bertz CT molecular complexity index is 487. The summed E-state index contributed by atoms with van der Waals surface area (Å²) in [6, 6.07) is 7.84. The van der Waals surface area contributed by atoms with Crippen molar-refractivity contribution < 1.29 is 5.11 Å². The molecule has 0 aliphatic rings. The average Bonchev–Trinajstić information content (AvgIpc) is 2.39. The van der Waals surface area contributed by atoms with Gasteiger partial charge in [0, 0.05) is 19.7 Å². The molecule has 90 valence electrons. The third-order valence-electron chi connectivity index (χ3n) is 2.73. The van der Waals surface area contributed by atoms with Crippen molar-refractivity contribution >= 4 is 16.9 Å². The first-order valence-electron chi connectivity index (χ1n) is 5.92. The van der Waals surface area contributed by atoms with Crippen LogP contribution in [0, 0.1) is 0 Å². The number of aliphatic hydroxyl groups is 1. The molecule has 0 aliphatic heterocycles. The molecule has 0 amide bonds. The first-order valence-corrected chi connectivity index (χ1v) is 5.92. The van der Waals surface area contributed by atoms with Gasteiger partial charge >= 0.3 is 0 Å². The molecule has 0 radical (unpaired) electrons. The number of rotatable bonds is 5. The van der Waals surface area contributed by atoms with Crippen LogP contribution in [0.3, 0.4) is 0 Å². The lowest BCUT2D eigenvalue weighted by atomic mass is 10.3. The highest BCUT2D eigenvalue weighted by molar-refractivity contribution is 5.75. The summed E-state index contributed by atoms with van der Waals surface area (Å²) in [4.78, 5) is 11.1. The Morgan fingerprint density at radius 3 is 2.71 bits per heavy atom. The van der Waals surface area contributed by atoms with Crippen LogP contribution in [-0.4, -0.2) is 34.8 Å². The van der Waals surface area contributed by atoms with Gasteiger partial charge in [0.15, 0.2) is 0 Å². The van der Waals surface area contributed by atoms with Crippen molar-refractivity contribution in [1.82, 2.24) is 9.97 Å². The molecule has 4 nitrogen and oxygen atoms in total. The van der Waals surface area contributed by atoms with Crippen LogP contribution in [-0.2, 0) is 0 Å². The van der Waals surface area contributed by atoms with Crippen LogP contribution in [0.2, 0.25) is 0 Å². The first kappa shape index (κ1) is 11.8. The molecule has 2 aromatic rings. The predicted molar refractivity (Wildman–Crippen MR) is 69.1 cm³/mol. The highest BCUT2D eigenvalue weighted by Crippen LogP contribution is 2.15. The van der Waals surface area contributed by atoms with Crippen LogP contribution in [0.25, 0.3) is 11.0 Å². The lowest BCUT2D eigenvalue weighted by Gasteiger charge is -2.21. The van der Waals surface area contributed by atoms with E-state index in [9.17, 15) is 0 Å². The van der Waals surface area contributed by atoms with E-state index in [1.54, 1.807) is 6.20 Å². The molecular weight excluding hydrogens is 214 g/mol. The van der Waals surface area contributed by atoms with Gasteiger partial charge in [0.1, 0.15) is 5.82 Å². The lowest BCUT2D eigenvalue weighted by Crippen LogP contribution is -2.25. The minimum atomic E-state index is 0.206. The smallest absolute Gasteiger partial charge is 0.147 e. The molecule has 0 fully saturated rings. The van der Waals surface area contributed by atoms with E-state index in [-0.39, 0.29) is 6.61 Å².